The highest BCUT2D eigenvalue weighted by Crippen LogP contribution is 2.32. The predicted molar refractivity (Wildman–Crippen MR) is 86.6 cm³/mol. The van der Waals surface area contributed by atoms with Gasteiger partial charge in [-0.2, -0.15) is 13.2 Å². The molecule has 1 saturated heterocycles. The van der Waals surface area contributed by atoms with Gasteiger partial charge in [0.15, 0.2) is 5.76 Å². The molecular formula is C18H17F3N2O3. The summed E-state index contributed by atoms with van der Waals surface area (Å²) in [5.74, 6) is -0.766. The van der Waals surface area contributed by atoms with Crippen LogP contribution in [0.2, 0.25) is 0 Å². The molecule has 8 heteroatoms. The largest absolute Gasteiger partial charge is 0.459 e. The van der Waals surface area contributed by atoms with Crippen LogP contribution in [0.25, 0.3) is 0 Å². The Balaban J connectivity index is 1.74. The maximum Gasteiger partial charge on any atom is 0.417 e. The number of alkyl halides is 3. The van der Waals surface area contributed by atoms with Crippen molar-refractivity contribution in [3.63, 3.8) is 0 Å². The number of nitrogens with zero attached hydrogens (tertiary/aromatic N) is 2. The van der Waals surface area contributed by atoms with Gasteiger partial charge >= 0.3 is 6.18 Å². The Morgan fingerprint density at radius 2 is 1.54 bits per heavy atom. The highest BCUT2D eigenvalue weighted by molar-refractivity contribution is 5.96. The summed E-state index contributed by atoms with van der Waals surface area (Å²) in [6.45, 7) is 1.09. The standard InChI is InChI=1S/C18H17F3N2O3/c19-18(20,21)14-6-2-1-5-13(14)16(24)22-8-4-9-23(11-10-22)17(25)15-7-3-12-26-15/h1-3,5-7,12H,4,8-11H2. The lowest BCUT2D eigenvalue weighted by atomic mass is 10.1. The molecule has 0 saturated carbocycles. The molecule has 3 rings (SSSR count). The molecular weight excluding hydrogens is 349 g/mol. The molecule has 0 unspecified atom stereocenters. The quantitative estimate of drug-likeness (QED) is 0.820. The van der Waals surface area contributed by atoms with Crippen LogP contribution in [0.5, 0.6) is 0 Å². The van der Waals surface area contributed by atoms with Crippen molar-refractivity contribution >= 4 is 11.8 Å². The van der Waals surface area contributed by atoms with Gasteiger partial charge in [-0.3, -0.25) is 9.59 Å². The minimum absolute atomic E-state index is 0.164. The second-order valence-electron chi connectivity index (χ2n) is 5.96. The van der Waals surface area contributed by atoms with E-state index in [2.05, 4.69) is 0 Å². The van der Waals surface area contributed by atoms with E-state index < -0.39 is 17.6 Å². The molecule has 0 bridgehead atoms. The fraction of sp³-hybridized carbons (Fsp3) is 0.333. The minimum atomic E-state index is -4.60. The van der Waals surface area contributed by atoms with Gasteiger partial charge in [0.05, 0.1) is 17.4 Å². The lowest BCUT2D eigenvalue weighted by Crippen LogP contribution is -2.37. The second kappa shape index (κ2) is 7.23. The summed E-state index contributed by atoms with van der Waals surface area (Å²) in [6, 6.07) is 7.91. The van der Waals surface area contributed by atoms with Gasteiger partial charge in [0, 0.05) is 26.2 Å². The first kappa shape index (κ1) is 18.0. The van der Waals surface area contributed by atoms with E-state index in [1.54, 1.807) is 17.0 Å². The molecule has 0 spiro atoms. The van der Waals surface area contributed by atoms with Crippen molar-refractivity contribution in [2.45, 2.75) is 12.6 Å². The summed E-state index contributed by atoms with van der Waals surface area (Å²) in [7, 11) is 0. The molecule has 1 aromatic carbocycles. The van der Waals surface area contributed by atoms with Crippen LogP contribution in [0.3, 0.4) is 0 Å². The van der Waals surface area contributed by atoms with Crippen LogP contribution >= 0.6 is 0 Å². The van der Waals surface area contributed by atoms with E-state index in [9.17, 15) is 22.8 Å². The number of hydrogen-bond acceptors (Lipinski definition) is 3. The molecule has 2 aromatic rings. The van der Waals surface area contributed by atoms with Crippen molar-refractivity contribution < 1.29 is 27.2 Å². The Hall–Kier alpha value is -2.77. The summed E-state index contributed by atoms with van der Waals surface area (Å²) in [5, 5.41) is 0. The highest BCUT2D eigenvalue weighted by atomic mass is 19.4. The van der Waals surface area contributed by atoms with Gasteiger partial charge in [-0.1, -0.05) is 12.1 Å². The zero-order valence-electron chi connectivity index (χ0n) is 13.8. The maximum absolute atomic E-state index is 13.1. The fourth-order valence-corrected chi connectivity index (χ4v) is 2.97. The van der Waals surface area contributed by atoms with E-state index in [1.165, 1.54) is 29.4 Å². The van der Waals surface area contributed by atoms with Crippen molar-refractivity contribution in [3.05, 3.63) is 59.5 Å². The Morgan fingerprint density at radius 3 is 2.15 bits per heavy atom. The fourth-order valence-electron chi connectivity index (χ4n) is 2.97. The van der Waals surface area contributed by atoms with E-state index in [0.717, 1.165) is 6.07 Å². The summed E-state index contributed by atoms with van der Waals surface area (Å²) < 4.78 is 44.5. The monoisotopic (exact) mass is 366 g/mol. The molecule has 0 N–H and O–H groups in total. The molecule has 138 valence electrons. The van der Waals surface area contributed by atoms with Crippen molar-refractivity contribution in [2.24, 2.45) is 0 Å². The summed E-state index contributed by atoms with van der Waals surface area (Å²) in [4.78, 5) is 27.9. The summed E-state index contributed by atoms with van der Waals surface area (Å²) in [6.07, 6.45) is -2.72. The topological polar surface area (TPSA) is 53.8 Å². The smallest absolute Gasteiger partial charge is 0.417 e. The normalized spacial score (nSPS) is 15.7. The molecule has 1 aliphatic heterocycles. The van der Waals surface area contributed by atoms with Crippen molar-refractivity contribution in [1.82, 2.24) is 9.80 Å². The number of benzene rings is 1. The average Bonchev–Trinajstić information content (AvgIpc) is 3.04. The van der Waals surface area contributed by atoms with Crippen LogP contribution in [0.4, 0.5) is 13.2 Å². The first-order valence-electron chi connectivity index (χ1n) is 8.16. The third kappa shape index (κ3) is 3.74. The molecule has 0 aliphatic carbocycles. The highest BCUT2D eigenvalue weighted by Gasteiger charge is 2.36. The van der Waals surface area contributed by atoms with E-state index in [0.29, 0.717) is 13.0 Å². The van der Waals surface area contributed by atoms with Crippen molar-refractivity contribution in [3.8, 4) is 0 Å². The zero-order valence-corrected chi connectivity index (χ0v) is 13.8. The van der Waals surface area contributed by atoms with Crippen LogP contribution in [-0.4, -0.2) is 47.8 Å². The van der Waals surface area contributed by atoms with Gasteiger partial charge in [0.25, 0.3) is 11.8 Å². The van der Waals surface area contributed by atoms with Crippen LogP contribution in [-0.2, 0) is 6.18 Å². The number of carbonyl (C=O) groups is 2. The first-order chi connectivity index (χ1) is 12.4. The maximum atomic E-state index is 13.1. The number of amides is 2. The number of rotatable bonds is 2. The van der Waals surface area contributed by atoms with Gasteiger partial charge in [-0.25, -0.2) is 0 Å². The zero-order chi connectivity index (χ0) is 18.7. The second-order valence-corrected chi connectivity index (χ2v) is 5.96. The van der Waals surface area contributed by atoms with E-state index >= 15 is 0 Å². The molecule has 26 heavy (non-hydrogen) atoms. The van der Waals surface area contributed by atoms with E-state index in [-0.39, 0.29) is 36.9 Å². The number of furan rings is 1. The minimum Gasteiger partial charge on any atom is -0.459 e. The van der Waals surface area contributed by atoms with E-state index in [1.807, 2.05) is 0 Å². The third-order valence-electron chi connectivity index (χ3n) is 4.27. The number of halogens is 3. The Kier molecular flexibility index (Phi) is 5.01. The molecule has 5 nitrogen and oxygen atoms in total. The van der Waals surface area contributed by atoms with Crippen molar-refractivity contribution in [1.29, 1.82) is 0 Å². The summed E-state index contributed by atoms with van der Waals surface area (Å²) in [5.41, 5.74) is -1.32. The first-order valence-corrected chi connectivity index (χ1v) is 8.16. The molecule has 0 atom stereocenters. The number of carbonyl (C=O) groups excluding carboxylic acids is 2. The third-order valence-corrected chi connectivity index (χ3v) is 4.27. The SMILES string of the molecule is O=C(c1ccco1)N1CCCN(C(=O)c2ccccc2C(F)(F)F)CC1. The Labute approximate surface area is 148 Å². The molecule has 2 amide bonds. The molecule has 2 heterocycles. The van der Waals surface area contributed by atoms with E-state index in [4.69, 9.17) is 4.42 Å². The predicted octanol–water partition coefficient (Wildman–Crippen LogP) is 3.29. The molecule has 1 aromatic heterocycles. The van der Waals surface area contributed by atoms with Crippen LogP contribution in [0.1, 0.15) is 32.9 Å². The Bertz CT molecular complexity index is 787. The van der Waals surface area contributed by atoms with Crippen LogP contribution in [0, 0.1) is 0 Å². The lowest BCUT2D eigenvalue weighted by Gasteiger charge is -2.23. The van der Waals surface area contributed by atoms with Gasteiger partial charge < -0.3 is 14.2 Å². The van der Waals surface area contributed by atoms with Gasteiger partial charge in [-0.05, 0) is 30.7 Å². The van der Waals surface area contributed by atoms with Crippen molar-refractivity contribution in [2.75, 3.05) is 26.2 Å². The number of hydrogen-bond donors (Lipinski definition) is 0. The summed E-state index contributed by atoms with van der Waals surface area (Å²) >= 11 is 0. The van der Waals surface area contributed by atoms with Gasteiger partial charge in [0.1, 0.15) is 0 Å². The van der Waals surface area contributed by atoms with Gasteiger partial charge in [-0.15, -0.1) is 0 Å². The lowest BCUT2D eigenvalue weighted by molar-refractivity contribution is -0.138. The molecule has 1 aliphatic rings. The Morgan fingerprint density at radius 1 is 0.885 bits per heavy atom. The average molecular weight is 366 g/mol. The van der Waals surface area contributed by atoms with Gasteiger partial charge in [0.2, 0.25) is 0 Å². The van der Waals surface area contributed by atoms with Crippen LogP contribution < -0.4 is 0 Å². The van der Waals surface area contributed by atoms with Crippen LogP contribution in [0.15, 0.2) is 47.1 Å². The molecule has 1 fully saturated rings. The molecule has 0 radical (unpaired) electrons.